The van der Waals surface area contributed by atoms with Crippen molar-refractivity contribution in [1.82, 2.24) is 4.90 Å². The Kier molecular flexibility index (Phi) is 6.11. The largest absolute Gasteiger partial charge is 0.508 e. The van der Waals surface area contributed by atoms with Gasteiger partial charge in [-0.05, 0) is 42.7 Å². The maximum absolute atomic E-state index is 9.31. The highest BCUT2D eigenvalue weighted by molar-refractivity contribution is 8.93. The van der Waals surface area contributed by atoms with E-state index in [0.29, 0.717) is 0 Å². The van der Waals surface area contributed by atoms with E-state index in [0.717, 1.165) is 35.3 Å². The molecule has 3 rings (SSSR count). The lowest BCUT2D eigenvalue weighted by Crippen LogP contribution is -2.31. The van der Waals surface area contributed by atoms with Crippen molar-refractivity contribution >= 4 is 39.6 Å². The van der Waals surface area contributed by atoms with Crippen LogP contribution in [0.1, 0.15) is 31.2 Å². The zero-order valence-electron chi connectivity index (χ0n) is 11.9. The number of thioether (sulfide) groups is 1. The lowest BCUT2D eigenvalue weighted by atomic mass is 10.1. The predicted octanol–water partition coefficient (Wildman–Crippen LogP) is 3.65. The molecule has 1 aromatic rings. The van der Waals surface area contributed by atoms with Gasteiger partial charge in [0.05, 0.1) is 5.71 Å². The van der Waals surface area contributed by atoms with Gasteiger partial charge in [-0.2, -0.15) is 5.10 Å². The molecule has 114 valence electrons. The summed E-state index contributed by atoms with van der Waals surface area (Å²) >= 11 is 1.77. The van der Waals surface area contributed by atoms with Crippen LogP contribution in [0.3, 0.4) is 0 Å². The fourth-order valence-electron chi connectivity index (χ4n) is 2.51. The molecule has 1 fully saturated rings. The summed E-state index contributed by atoms with van der Waals surface area (Å²) in [6.45, 7) is 2.21. The van der Waals surface area contributed by atoms with Crippen molar-refractivity contribution in [3.63, 3.8) is 0 Å². The first-order valence-electron chi connectivity index (χ1n) is 7.14. The highest BCUT2D eigenvalue weighted by Crippen LogP contribution is 2.21. The molecule has 2 aliphatic rings. The average molecular weight is 370 g/mol. The number of benzene rings is 1. The second kappa shape index (κ2) is 7.84. The van der Waals surface area contributed by atoms with E-state index in [4.69, 9.17) is 0 Å². The molecule has 2 heterocycles. The molecule has 1 N–H and O–H groups in total. The quantitative estimate of drug-likeness (QED) is 0.821. The van der Waals surface area contributed by atoms with E-state index in [1.165, 1.54) is 25.7 Å². The molecule has 4 nitrogen and oxygen atoms in total. The average Bonchev–Trinajstić information content (AvgIpc) is 2.77. The molecular weight excluding hydrogens is 350 g/mol. The number of hydrogen-bond acceptors (Lipinski definition) is 5. The molecule has 0 unspecified atom stereocenters. The van der Waals surface area contributed by atoms with Gasteiger partial charge in [-0.25, -0.2) is 0 Å². The summed E-state index contributed by atoms with van der Waals surface area (Å²) in [5.74, 6) is 1.13. The molecule has 6 heteroatoms. The van der Waals surface area contributed by atoms with Crippen molar-refractivity contribution in [3.05, 3.63) is 29.8 Å². The Hall–Kier alpha value is -1.01. The monoisotopic (exact) mass is 369 g/mol. The summed E-state index contributed by atoms with van der Waals surface area (Å²) in [6.07, 6.45) is 5.18. The third kappa shape index (κ3) is 4.23. The van der Waals surface area contributed by atoms with E-state index >= 15 is 0 Å². The second-order valence-electron chi connectivity index (χ2n) is 5.17. The van der Waals surface area contributed by atoms with Crippen LogP contribution in [0.5, 0.6) is 5.75 Å². The first-order valence-corrected chi connectivity index (χ1v) is 8.13. The van der Waals surface area contributed by atoms with Gasteiger partial charge in [0.1, 0.15) is 5.75 Å². The first kappa shape index (κ1) is 16.4. The maximum atomic E-state index is 9.31. The lowest BCUT2D eigenvalue weighted by Gasteiger charge is -2.24. The third-order valence-corrected chi connectivity index (χ3v) is 4.69. The zero-order valence-corrected chi connectivity index (χ0v) is 14.4. The van der Waals surface area contributed by atoms with E-state index in [9.17, 15) is 5.11 Å². The van der Waals surface area contributed by atoms with Crippen LogP contribution in [0.25, 0.3) is 0 Å². The summed E-state index contributed by atoms with van der Waals surface area (Å²) in [7, 11) is 0. The lowest BCUT2D eigenvalue weighted by molar-refractivity contribution is 0.442. The molecule has 0 spiro atoms. The van der Waals surface area contributed by atoms with Crippen LogP contribution in [0.2, 0.25) is 0 Å². The van der Waals surface area contributed by atoms with Crippen LogP contribution < -0.4 is 0 Å². The minimum Gasteiger partial charge on any atom is -0.508 e. The van der Waals surface area contributed by atoms with Crippen molar-refractivity contribution in [2.24, 2.45) is 10.2 Å². The number of nitrogens with zero attached hydrogens (tertiary/aromatic N) is 3. The number of amidine groups is 1. The van der Waals surface area contributed by atoms with Gasteiger partial charge >= 0.3 is 0 Å². The topological polar surface area (TPSA) is 48.2 Å². The van der Waals surface area contributed by atoms with Crippen LogP contribution in [0.4, 0.5) is 0 Å². The van der Waals surface area contributed by atoms with E-state index < -0.39 is 0 Å². The number of phenolic OH excluding ortho intramolecular Hbond substituents is 1. The van der Waals surface area contributed by atoms with Crippen LogP contribution in [-0.2, 0) is 0 Å². The molecule has 0 amide bonds. The molecule has 21 heavy (non-hydrogen) atoms. The predicted molar refractivity (Wildman–Crippen MR) is 94.9 cm³/mol. The minimum atomic E-state index is 0. The molecule has 0 radical (unpaired) electrons. The van der Waals surface area contributed by atoms with Gasteiger partial charge in [-0.15, -0.1) is 22.1 Å². The van der Waals surface area contributed by atoms with Crippen LogP contribution in [0, 0.1) is 0 Å². The van der Waals surface area contributed by atoms with Crippen LogP contribution >= 0.6 is 28.7 Å². The van der Waals surface area contributed by atoms with Crippen LogP contribution in [0.15, 0.2) is 34.5 Å². The van der Waals surface area contributed by atoms with Gasteiger partial charge < -0.3 is 10.0 Å². The molecule has 0 aromatic heterocycles. The van der Waals surface area contributed by atoms with Gasteiger partial charge in [0.15, 0.2) is 5.17 Å². The Labute approximate surface area is 140 Å². The van der Waals surface area contributed by atoms with Gasteiger partial charge in [0.2, 0.25) is 0 Å². The van der Waals surface area contributed by atoms with Gasteiger partial charge in [-0.1, -0.05) is 24.6 Å². The number of aromatic hydroxyl groups is 1. The second-order valence-corrected chi connectivity index (χ2v) is 6.11. The smallest absolute Gasteiger partial charge is 0.186 e. The number of rotatable bonds is 1. The van der Waals surface area contributed by atoms with Crippen molar-refractivity contribution in [1.29, 1.82) is 0 Å². The van der Waals surface area contributed by atoms with Gasteiger partial charge in [0, 0.05) is 18.8 Å². The molecule has 0 atom stereocenters. The number of phenols is 1. The molecule has 0 aliphatic carbocycles. The first-order chi connectivity index (χ1) is 9.83. The van der Waals surface area contributed by atoms with E-state index in [1.54, 1.807) is 23.9 Å². The van der Waals surface area contributed by atoms with Crippen molar-refractivity contribution in [3.8, 4) is 5.75 Å². The number of halogens is 1. The normalized spacial score (nSPS) is 19.1. The van der Waals surface area contributed by atoms with Gasteiger partial charge in [0.25, 0.3) is 0 Å². The molecule has 1 aromatic carbocycles. The molecule has 0 bridgehead atoms. The Morgan fingerprint density at radius 3 is 2.19 bits per heavy atom. The molecule has 1 saturated heterocycles. The number of likely N-dealkylation sites (tertiary alicyclic amines) is 1. The molecule has 2 aliphatic heterocycles. The maximum Gasteiger partial charge on any atom is 0.186 e. The Bertz CT molecular complexity index is 522. The summed E-state index contributed by atoms with van der Waals surface area (Å²) in [4.78, 5) is 2.37. The van der Waals surface area contributed by atoms with Crippen molar-refractivity contribution in [2.75, 3.05) is 18.8 Å². The zero-order chi connectivity index (χ0) is 13.8. The van der Waals surface area contributed by atoms with Crippen molar-refractivity contribution < 1.29 is 5.11 Å². The summed E-state index contributed by atoms with van der Waals surface area (Å²) in [6, 6.07) is 7.16. The third-order valence-electron chi connectivity index (χ3n) is 3.67. The Balaban J connectivity index is 0.00000161. The van der Waals surface area contributed by atoms with E-state index in [-0.39, 0.29) is 22.7 Å². The standard InChI is InChI=1S/C15H19N3OS.BrH/c19-13-7-5-12(6-8-13)14-11-20-15(17-16-14)18-9-3-1-2-4-10-18;/h5-8,19H,1-4,9-11H2;1H. The minimum absolute atomic E-state index is 0. The summed E-state index contributed by atoms with van der Waals surface area (Å²) < 4.78 is 0. The van der Waals surface area contributed by atoms with E-state index in [2.05, 4.69) is 15.1 Å². The highest BCUT2D eigenvalue weighted by Gasteiger charge is 2.19. The molecule has 0 saturated carbocycles. The Morgan fingerprint density at radius 1 is 0.952 bits per heavy atom. The highest BCUT2D eigenvalue weighted by atomic mass is 79.9. The van der Waals surface area contributed by atoms with Crippen molar-refractivity contribution in [2.45, 2.75) is 25.7 Å². The van der Waals surface area contributed by atoms with Crippen LogP contribution in [-0.4, -0.2) is 39.7 Å². The van der Waals surface area contributed by atoms with Gasteiger partial charge in [-0.3, -0.25) is 0 Å². The fourth-order valence-corrected chi connectivity index (χ4v) is 3.46. The van der Waals surface area contributed by atoms with E-state index in [1.807, 2.05) is 12.1 Å². The summed E-state index contributed by atoms with van der Waals surface area (Å²) in [5.41, 5.74) is 2.02. The SMILES string of the molecule is Br.Oc1ccc(C2=NN=C(N3CCCCCC3)SC2)cc1. The Morgan fingerprint density at radius 2 is 1.62 bits per heavy atom. The molecular formula is C15H20BrN3OS. The fraction of sp³-hybridized carbons (Fsp3) is 0.467. The summed E-state index contributed by atoms with van der Waals surface area (Å²) in [5, 5.41) is 19.2. The number of hydrogen-bond donors (Lipinski definition) is 1.